The number of aromatic nitrogens is 1. The summed E-state index contributed by atoms with van der Waals surface area (Å²) in [5.74, 6) is 0.622. The van der Waals surface area contributed by atoms with Gasteiger partial charge in [0.2, 0.25) is 5.91 Å². The van der Waals surface area contributed by atoms with Gasteiger partial charge in [0, 0.05) is 25.7 Å². The highest BCUT2D eigenvalue weighted by atomic mass is 32.1. The molecule has 1 amide bonds. The first-order valence-corrected chi connectivity index (χ1v) is 5.81. The molecule has 1 aromatic rings. The molecule has 0 radical (unpaired) electrons. The van der Waals surface area contributed by atoms with E-state index < -0.39 is 0 Å². The van der Waals surface area contributed by atoms with Crippen LogP contribution in [0.25, 0.3) is 0 Å². The summed E-state index contributed by atoms with van der Waals surface area (Å²) in [6.07, 6.45) is 2.04. The largest absolute Gasteiger partial charge is 0.389 e. The molecule has 0 unspecified atom stereocenters. The normalized spacial score (nSPS) is 9.71. The van der Waals surface area contributed by atoms with Crippen LogP contribution in [-0.4, -0.2) is 29.0 Å². The van der Waals surface area contributed by atoms with E-state index in [0.29, 0.717) is 35.9 Å². The van der Waals surface area contributed by atoms with Gasteiger partial charge in [-0.25, -0.2) is 4.98 Å². The van der Waals surface area contributed by atoms with Crippen molar-refractivity contribution in [3.8, 4) is 0 Å². The van der Waals surface area contributed by atoms with Crippen LogP contribution < -0.4 is 16.4 Å². The predicted molar refractivity (Wildman–Crippen MR) is 71.9 cm³/mol. The van der Waals surface area contributed by atoms with E-state index in [1.165, 1.54) is 0 Å². The second-order valence-electron chi connectivity index (χ2n) is 3.39. The van der Waals surface area contributed by atoms with Crippen LogP contribution in [-0.2, 0) is 4.79 Å². The average Bonchev–Trinajstić information content (AvgIpc) is 2.30. The molecule has 5 nitrogen and oxygen atoms in total. The number of amides is 1. The molecule has 6 heteroatoms. The van der Waals surface area contributed by atoms with E-state index in [0.717, 1.165) is 0 Å². The van der Waals surface area contributed by atoms with Crippen LogP contribution in [0.5, 0.6) is 0 Å². The number of thiocarbonyl (C=S) groups is 1. The molecule has 4 N–H and O–H groups in total. The molecule has 0 saturated heterocycles. The first-order chi connectivity index (χ1) is 8.15. The Morgan fingerprint density at radius 2 is 2.35 bits per heavy atom. The molecule has 17 heavy (non-hydrogen) atoms. The summed E-state index contributed by atoms with van der Waals surface area (Å²) in [5.41, 5.74) is 6.26. The second-order valence-corrected chi connectivity index (χ2v) is 3.83. The molecule has 0 spiro atoms. The molecule has 0 saturated carbocycles. The molecule has 0 aromatic carbocycles. The Kier molecular flexibility index (Phi) is 5.35. The Morgan fingerprint density at radius 3 is 3.00 bits per heavy atom. The van der Waals surface area contributed by atoms with Gasteiger partial charge in [-0.3, -0.25) is 4.79 Å². The van der Waals surface area contributed by atoms with Gasteiger partial charge in [0.15, 0.2) is 0 Å². The lowest BCUT2D eigenvalue weighted by Gasteiger charge is -2.09. The zero-order valence-electron chi connectivity index (χ0n) is 9.69. The van der Waals surface area contributed by atoms with Gasteiger partial charge in [-0.15, -0.1) is 0 Å². The van der Waals surface area contributed by atoms with Crippen molar-refractivity contribution in [3.05, 3.63) is 23.9 Å². The predicted octanol–water partition coefficient (Wildman–Crippen LogP) is 0.654. The third-order valence-electron chi connectivity index (χ3n) is 2.09. The number of nitrogens with one attached hydrogen (secondary N) is 2. The summed E-state index contributed by atoms with van der Waals surface area (Å²) in [6, 6.07) is 3.56. The Hall–Kier alpha value is -1.69. The number of pyridine rings is 1. The molecule has 1 aromatic heterocycles. The Morgan fingerprint density at radius 1 is 1.59 bits per heavy atom. The summed E-state index contributed by atoms with van der Waals surface area (Å²) in [6.45, 7) is 3.02. The number of hydrogen-bond acceptors (Lipinski definition) is 4. The minimum Gasteiger partial charge on any atom is -0.389 e. The van der Waals surface area contributed by atoms with Crippen molar-refractivity contribution in [1.82, 2.24) is 10.3 Å². The summed E-state index contributed by atoms with van der Waals surface area (Å²) in [5, 5.41) is 5.76. The quantitative estimate of drug-likeness (QED) is 0.648. The molecular formula is C11H16N4OS. The highest BCUT2D eigenvalue weighted by molar-refractivity contribution is 7.80. The molecule has 0 fully saturated rings. The Labute approximate surface area is 106 Å². The van der Waals surface area contributed by atoms with E-state index in [9.17, 15) is 4.79 Å². The molecule has 0 aliphatic carbocycles. The van der Waals surface area contributed by atoms with Gasteiger partial charge in [-0.1, -0.05) is 12.2 Å². The number of nitrogens with two attached hydrogens (primary N) is 1. The van der Waals surface area contributed by atoms with Gasteiger partial charge < -0.3 is 16.4 Å². The minimum atomic E-state index is 0.00723. The van der Waals surface area contributed by atoms with Crippen molar-refractivity contribution in [1.29, 1.82) is 0 Å². The van der Waals surface area contributed by atoms with Crippen LogP contribution in [0.2, 0.25) is 0 Å². The molecule has 0 bridgehead atoms. The van der Waals surface area contributed by atoms with Crippen LogP contribution >= 0.6 is 12.2 Å². The van der Waals surface area contributed by atoms with Crippen LogP contribution in [0.1, 0.15) is 18.9 Å². The third kappa shape index (κ3) is 4.36. The van der Waals surface area contributed by atoms with Crippen molar-refractivity contribution in [2.75, 3.05) is 18.4 Å². The van der Waals surface area contributed by atoms with Crippen molar-refractivity contribution in [2.45, 2.75) is 13.3 Å². The van der Waals surface area contributed by atoms with Crippen LogP contribution in [0.3, 0.4) is 0 Å². The number of carbonyl (C=O) groups excluding carboxylic acids is 1. The van der Waals surface area contributed by atoms with Crippen molar-refractivity contribution >= 4 is 28.9 Å². The number of rotatable bonds is 6. The summed E-state index contributed by atoms with van der Waals surface area (Å²) < 4.78 is 0. The summed E-state index contributed by atoms with van der Waals surface area (Å²) in [7, 11) is 0. The zero-order chi connectivity index (χ0) is 12.7. The molecule has 0 aliphatic rings. The SMILES string of the molecule is CCNC(=O)CCNc1ncccc1C(N)=S. The summed E-state index contributed by atoms with van der Waals surface area (Å²) in [4.78, 5) is 15.7. The summed E-state index contributed by atoms with van der Waals surface area (Å²) >= 11 is 4.91. The first kappa shape index (κ1) is 13.4. The van der Waals surface area contributed by atoms with Crippen molar-refractivity contribution < 1.29 is 4.79 Å². The molecule has 0 atom stereocenters. The molecule has 1 heterocycles. The first-order valence-electron chi connectivity index (χ1n) is 5.40. The third-order valence-corrected chi connectivity index (χ3v) is 2.31. The monoisotopic (exact) mass is 252 g/mol. The van der Waals surface area contributed by atoms with Gasteiger partial charge >= 0.3 is 0 Å². The highest BCUT2D eigenvalue weighted by Gasteiger charge is 2.05. The lowest BCUT2D eigenvalue weighted by molar-refractivity contribution is -0.120. The van der Waals surface area contributed by atoms with Gasteiger partial charge in [-0.2, -0.15) is 0 Å². The van der Waals surface area contributed by atoms with E-state index in [2.05, 4.69) is 15.6 Å². The van der Waals surface area contributed by atoms with Crippen molar-refractivity contribution in [3.63, 3.8) is 0 Å². The average molecular weight is 252 g/mol. The number of anilines is 1. The van der Waals surface area contributed by atoms with E-state index in [-0.39, 0.29) is 5.91 Å². The lowest BCUT2D eigenvalue weighted by atomic mass is 10.2. The van der Waals surface area contributed by atoms with Crippen molar-refractivity contribution in [2.24, 2.45) is 5.73 Å². The minimum absolute atomic E-state index is 0.00723. The van der Waals surface area contributed by atoms with Crippen LogP contribution in [0.4, 0.5) is 5.82 Å². The van der Waals surface area contributed by atoms with E-state index in [1.807, 2.05) is 6.92 Å². The van der Waals surface area contributed by atoms with E-state index >= 15 is 0 Å². The lowest BCUT2D eigenvalue weighted by Crippen LogP contribution is -2.25. The fourth-order valence-electron chi connectivity index (χ4n) is 1.32. The fourth-order valence-corrected chi connectivity index (χ4v) is 1.49. The maximum Gasteiger partial charge on any atom is 0.221 e. The topological polar surface area (TPSA) is 80.0 Å². The number of carbonyl (C=O) groups is 1. The van der Waals surface area contributed by atoms with Gasteiger partial charge in [0.05, 0.1) is 5.56 Å². The maximum atomic E-state index is 11.2. The van der Waals surface area contributed by atoms with E-state index in [1.54, 1.807) is 18.3 Å². The van der Waals surface area contributed by atoms with Crippen LogP contribution in [0.15, 0.2) is 18.3 Å². The smallest absolute Gasteiger partial charge is 0.221 e. The number of nitrogens with zero attached hydrogens (tertiary/aromatic N) is 1. The molecule has 92 valence electrons. The van der Waals surface area contributed by atoms with Gasteiger partial charge in [0.25, 0.3) is 0 Å². The van der Waals surface area contributed by atoms with Gasteiger partial charge in [-0.05, 0) is 19.1 Å². The number of hydrogen-bond donors (Lipinski definition) is 3. The van der Waals surface area contributed by atoms with Crippen LogP contribution in [0, 0.1) is 0 Å². The molecule has 0 aliphatic heterocycles. The zero-order valence-corrected chi connectivity index (χ0v) is 10.5. The standard InChI is InChI=1S/C11H16N4OS/c1-2-13-9(16)5-7-15-11-8(10(12)17)4-3-6-14-11/h3-4,6H,2,5,7H2,1H3,(H2,12,17)(H,13,16)(H,14,15). The fraction of sp³-hybridized carbons (Fsp3) is 0.364. The van der Waals surface area contributed by atoms with E-state index in [4.69, 9.17) is 18.0 Å². The van der Waals surface area contributed by atoms with Gasteiger partial charge in [0.1, 0.15) is 10.8 Å². The molecular weight excluding hydrogens is 236 g/mol. The second kappa shape index (κ2) is 6.80. The Balaban J connectivity index is 2.52. The molecule has 1 rings (SSSR count). The maximum absolute atomic E-state index is 11.2. The highest BCUT2D eigenvalue weighted by Crippen LogP contribution is 2.10. The Bertz CT molecular complexity index is 408.